The molecule has 216 valence electrons. The standard InChI is InChI=1S/C36H32N2O5/c1-35(2,3)23-11-7-21(8-12-23)22-9-13-24(14-10-22)37-31(39)27-17-15-25(19-29(27)32(37)40)43-26-16-18-28-30(20-26)34(42)38(33(28)41)36(4,5)6/h7-20H,1-6H3. The van der Waals surface area contributed by atoms with Gasteiger partial charge in [-0.15, -0.1) is 0 Å². The molecule has 7 heteroatoms. The summed E-state index contributed by atoms with van der Waals surface area (Å²) in [5.74, 6) is -0.889. The first-order chi connectivity index (χ1) is 20.2. The molecule has 0 fully saturated rings. The molecule has 4 aromatic carbocycles. The van der Waals surface area contributed by atoms with E-state index in [0.717, 1.165) is 11.1 Å². The van der Waals surface area contributed by atoms with Crippen LogP contribution in [0.2, 0.25) is 0 Å². The first kappa shape index (κ1) is 28.1. The molecule has 0 aromatic heterocycles. The highest BCUT2D eigenvalue weighted by molar-refractivity contribution is 6.34. The maximum absolute atomic E-state index is 13.4. The molecule has 7 nitrogen and oxygen atoms in total. The van der Waals surface area contributed by atoms with E-state index < -0.39 is 17.4 Å². The first-order valence-corrected chi connectivity index (χ1v) is 14.2. The number of imide groups is 2. The molecule has 0 spiro atoms. The quantitative estimate of drug-likeness (QED) is 0.235. The van der Waals surface area contributed by atoms with Crippen molar-refractivity contribution >= 4 is 29.3 Å². The van der Waals surface area contributed by atoms with E-state index in [1.165, 1.54) is 27.5 Å². The van der Waals surface area contributed by atoms with Crippen molar-refractivity contribution in [2.24, 2.45) is 0 Å². The van der Waals surface area contributed by atoms with Crippen molar-refractivity contribution in [1.82, 2.24) is 4.90 Å². The zero-order valence-corrected chi connectivity index (χ0v) is 25.0. The van der Waals surface area contributed by atoms with Crippen LogP contribution in [0.5, 0.6) is 11.5 Å². The van der Waals surface area contributed by atoms with Gasteiger partial charge in [0.05, 0.1) is 27.9 Å². The number of rotatable bonds is 4. The van der Waals surface area contributed by atoms with Gasteiger partial charge in [0.25, 0.3) is 23.6 Å². The number of fused-ring (bicyclic) bond motifs is 2. The van der Waals surface area contributed by atoms with E-state index in [4.69, 9.17) is 4.74 Å². The number of carbonyl (C=O) groups is 4. The lowest BCUT2D eigenvalue weighted by atomic mass is 9.86. The highest BCUT2D eigenvalue weighted by atomic mass is 16.5. The van der Waals surface area contributed by atoms with Crippen LogP contribution >= 0.6 is 0 Å². The molecule has 43 heavy (non-hydrogen) atoms. The van der Waals surface area contributed by atoms with Crippen molar-refractivity contribution in [1.29, 1.82) is 0 Å². The Morgan fingerprint density at radius 2 is 0.953 bits per heavy atom. The monoisotopic (exact) mass is 572 g/mol. The van der Waals surface area contributed by atoms with Gasteiger partial charge >= 0.3 is 0 Å². The molecule has 0 unspecified atom stereocenters. The van der Waals surface area contributed by atoms with Crippen LogP contribution < -0.4 is 9.64 Å². The van der Waals surface area contributed by atoms with Gasteiger partial charge in [0.1, 0.15) is 11.5 Å². The summed E-state index contributed by atoms with van der Waals surface area (Å²) in [5, 5.41) is 0. The van der Waals surface area contributed by atoms with Gasteiger partial charge in [-0.05, 0) is 91.4 Å². The third-order valence-corrected chi connectivity index (χ3v) is 7.83. The Kier molecular flexibility index (Phi) is 6.38. The molecule has 0 atom stereocenters. The Hall–Kier alpha value is -5.04. The maximum Gasteiger partial charge on any atom is 0.266 e. The Morgan fingerprint density at radius 1 is 0.512 bits per heavy atom. The molecule has 0 saturated carbocycles. The van der Waals surface area contributed by atoms with E-state index >= 15 is 0 Å². The lowest BCUT2D eigenvalue weighted by Gasteiger charge is -2.29. The van der Waals surface area contributed by atoms with Gasteiger partial charge in [0, 0.05) is 5.54 Å². The van der Waals surface area contributed by atoms with Gasteiger partial charge in [-0.2, -0.15) is 0 Å². The number of anilines is 1. The molecule has 0 bridgehead atoms. The van der Waals surface area contributed by atoms with Gasteiger partial charge in [-0.1, -0.05) is 57.2 Å². The van der Waals surface area contributed by atoms with Crippen LogP contribution in [0.15, 0.2) is 84.9 Å². The molecular formula is C36H32N2O5. The highest BCUT2D eigenvalue weighted by Gasteiger charge is 2.42. The zero-order chi connectivity index (χ0) is 30.8. The van der Waals surface area contributed by atoms with Crippen LogP contribution in [-0.4, -0.2) is 34.1 Å². The molecule has 2 heterocycles. The van der Waals surface area contributed by atoms with Crippen LogP contribution in [0.4, 0.5) is 5.69 Å². The summed E-state index contributed by atoms with van der Waals surface area (Å²) in [6.07, 6.45) is 0. The smallest absolute Gasteiger partial charge is 0.266 e. The number of hydrogen-bond donors (Lipinski definition) is 0. The summed E-state index contributed by atoms with van der Waals surface area (Å²) in [5.41, 5.74) is 4.27. The second-order valence-corrected chi connectivity index (χ2v) is 13.0. The van der Waals surface area contributed by atoms with Gasteiger partial charge in [-0.25, -0.2) is 4.90 Å². The second-order valence-electron chi connectivity index (χ2n) is 13.0. The highest BCUT2D eigenvalue weighted by Crippen LogP contribution is 2.36. The van der Waals surface area contributed by atoms with Crippen LogP contribution in [0.25, 0.3) is 11.1 Å². The molecule has 0 radical (unpaired) electrons. The molecule has 2 aliphatic rings. The van der Waals surface area contributed by atoms with E-state index in [1.807, 2.05) is 12.1 Å². The summed E-state index contributed by atoms with van der Waals surface area (Å²) in [7, 11) is 0. The summed E-state index contributed by atoms with van der Waals surface area (Å²) < 4.78 is 5.99. The molecule has 4 aromatic rings. The summed E-state index contributed by atoms with van der Waals surface area (Å²) in [6.45, 7) is 11.9. The number of hydrogen-bond acceptors (Lipinski definition) is 5. The van der Waals surface area contributed by atoms with Crippen molar-refractivity contribution in [3.8, 4) is 22.6 Å². The van der Waals surface area contributed by atoms with Crippen LogP contribution in [0, 0.1) is 0 Å². The predicted molar refractivity (Wildman–Crippen MR) is 165 cm³/mol. The van der Waals surface area contributed by atoms with Crippen molar-refractivity contribution in [2.45, 2.75) is 52.5 Å². The summed E-state index contributed by atoms with van der Waals surface area (Å²) in [4.78, 5) is 54.9. The van der Waals surface area contributed by atoms with Crippen LogP contribution in [0.1, 0.15) is 88.5 Å². The van der Waals surface area contributed by atoms with Gasteiger partial charge < -0.3 is 4.74 Å². The zero-order valence-electron chi connectivity index (χ0n) is 25.0. The summed E-state index contributed by atoms with van der Waals surface area (Å²) >= 11 is 0. The fraction of sp³-hybridized carbons (Fsp3) is 0.222. The molecule has 0 N–H and O–H groups in total. The van der Waals surface area contributed by atoms with Crippen molar-refractivity contribution in [3.05, 3.63) is 113 Å². The van der Waals surface area contributed by atoms with Crippen LogP contribution in [-0.2, 0) is 5.41 Å². The van der Waals surface area contributed by atoms with E-state index in [9.17, 15) is 19.2 Å². The largest absolute Gasteiger partial charge is 0.457 e. The third kappa shape index (κ3) is 4.80. The Balaban J connectivity index is 1.21. The fourth-order valence-electron chi connectivity index (χ4n) is 5.51. The summed E-state index contributed by atoms with van der Waals surface area (Å²) in [6, 6.07) is 25.2. The van der Waals surface area contributed by atoms with Gasteiger partial charge in [-0.3, -0.25) is 24.1 Å². The number of carbonyl (C=O) groups excluding carboxylic acids is 4. The number of ether oxygens (including phenoxy) is 1. The first-order valence-electron chi connectivity index (χ1n) is 14.2. The topological polar surface area (TPSA) is 84.0 Å². The third-order valence-electron chi connectivity index (χ3n) is 7.83. The SMILES string of the molecule is CC(C)(C)c1ccc(-c2ccc(N3C(=O)c4ccc(Oc5ccc6c(c5)C(=O)N(C(C)(C)C)C6=O)cc4C3=O)cc2)cc1. The average Bonchev–Trinajstić information content (AvgIpc) is 3.36. The Bertz CT molecular complexity index is 1820. The molecule has 0 aliphatic carbocycles. The molecule has 6 rings (SSSR count). The molecule has 4 amide bonds. The van der Waals surface area contributed by atoms with Gasteiger partial charge in [0.2, 0.25) is 0 Å². The van der Waals surface area contributed by atoms with Crippen molar-refractivity contribution in [2.75, 3.05) is 4.90 Å². The second kappa shape index (κ2) is 9.76. The number of nitrogens with zero attached hydrogens (tertiary/aromatic N) is 2. The Labute approximate surface area is 250 Å². The normalized spacial score (nSPS) is 14.8. The number of benzene rings is 4. The molecule has 2 aliphatic heterocycles. The maximum atomic E-state index is 13.4. The van der Waals surface area contributed by atoms with Crippen molar-refractivity contribution < 1.29 is 23.9 Å². The minimum atomic E-state index is -0.662. The van der Waals surface area contributed by atoms with Gasteiger partial charge in [0.15, 0.2) is 0 Å². The number of amides is 4. The van der Waals surface area contributed by atoms with E-state index in [2.05, 4.69) is 45.0 Å². The minimum absolute atomic E-state index is 0.0629. The lowest BCUT2D eigenvalue weighted by Crippen LogP contribution is -2.45. The lowest BCUT2D eigenvalue weighted by molar-refractivity contribution is 0.0507. The molecule has 0 saturated heterocycles. The predicted octanol–water partition coefficient (Wildman–Crippen LogP) is 7.64. The van der Waals surface area contributed by atoms with E-state index in [-0.39, 0.29) is 33.9 Å². The minimum Gasteiger partial charge on any atom is -0.457 e. The Morgan fingerprint density at radius 3 is 1.47 bits per heavy atom. The van der Waals surface area contributed by atoms with E-state index in [1.54, 1.807) is 57.2 Å². The van der Waals surface area contributed by atoms with E-state index in [0.29, 0.717) is 22.7 Å². The average molecular weight is 573 g/mol. The van der Waals surface area contributed by atoms with Crippen molar-refractivity contribution in [3.63, 3.8) is 0 Å². The molecular weight excluding hydrogens is 540 g/mol. The fourth-order valence-corrected chi connectivity index (χ4v) is 5.51. The van der Waals surface area contributed by atoms with Crippen LogP contribution in [0.3, 0.4) is 0 Å².